The van der Waals surface area contributed by atoms with Gasteiger partial charge in [0.2, 0.25) is 0 Å². The lowest BCUT2D eigenvalue weighted by molar-refractivity contribution is 0.102. The summed E-state index contributed by atoms with van der Waals surface area (Å²) in [5.41, 5.74) is -0.600. The lowest BCUT2D eigenvalue weighted by Gasteiger charge is -2.05. The van der Waals surface area contributed by atoms with E-state index in [-0.39, 0.29) is 17.2 Å². The monoisotopic (exact) mass is 528 g/mol. The number of aryl methyl sites for hydroxylation is 2. The van der Waals surface area contributed by atoms with Gasteiger partial charge in [-0.05, 0) is 62.6 Å². The lowest BCUT2D eigenvalue weighted by atomic mass is 10.0. The van der Waals surface area contributed by atoms with E-state index in [1.165, 1.54) is 61.9 Å². The number of nitrogens with zero attached hydrogens (tertiary/aromatic N) is 1. The maximum atomic E-state index is 13.1. The van der Waals surface area contributed by atoms with Crippen molar-refractivity contribution < 1.29 is 33.0 Å². The predicted octanol–water partition coefficient (Wildman–Crippen LogP) is 5.52. The van der Waals surface area contributed by atoms with Crippen molar-refractivity contribution in [3.05, 3.63) is 86.3 Å². The van der Waals surface area contributed by atoms with Crippen LogP contribution in [-0.2, 0) is 11.2 Å². The van der Waals surface area contributed by atoms with Gasteiger partial charge in [-0.1, -0.05) is 17.4 Å². The van der Waals surface area contributed by atoms with Crippen molar-refractivity contribution in [3.8, 4) is 16.7 Å². The summed E-state index contributed by atoms with van der Waals surface area (Å²) in [6.07, 6.45) is 5.59. The normalized spacial score (nSPS) is 11.5. The number of aromatic hydroxyl groups is 1. The number of aromatic nitrogens is 1. The third-order valence-electron chi connectivity index (χ3n) is 5.04. The van der Waals surface area contributed by atoms with E-state index in [1.807, 2.05) is 0 Å². The number of methoxy groups -OCH3 is 1. The number of benzene rings is 1. The van der Waals surface area contributed by atoms with Crippen molar-refractivity contribution >= 4 is 29.3 Å². The number of hydrogen-bond acceptors (Lipinski definition) is 9. The average molecular weight is 529 g/mol. The first-order valence-electron chi connectivity index (χ1n) is 11.2. The molecule has 0 radical (unpaired) electrons. The smallest absolute Gasteiger partial charge is 0.410 e. The zero-order chi connectivity index (χ0) is 26.9. The van der Waals surface area contributed by atoms with Crippen molar-refractivity contribution in [2.24, 2.45) is 0 Å². The Kier molecular flexibility index (Phi) is 9.33. The van der Waals surface area contributed by atoms with E-state index in [0.717, 1.165) is 0 Å². The van der Waals surface area contributed by atoms with Crippen molar-refractivity contribution in [2.45, 2.75) is 33.1 Å². The summed E-state index contributed by atoms with van der Waals surface area (Å²) in [6, 6.07) is 6.74. The van der Waals surface area contributed by atoms with E-state index in [0.29, 0.717) is 40.8 Å². The zero-order valence-electron chi connectivity index (χ0n) is 20.4. The molecule has 1 aromatic carbocycles. The SMILES string of the molecule is COC(=O)N/C=C/CCCc1cc(O)c(C(=O)C(C)=Cc2sc(Oc3ccc(F)cc3)nc2C)c(=O)o1. The fraction of sp³-hybridized carbons (Fsp3) is 0.231. The van der Waals surface area contributed by atoms with Crippen LogP contribution < -0.4 is 15.7 Å². The Morgan fingerprint density at radius 1 is 1.27 bits per heavy atom. The molecule has 0 aliphatic heterocycles. The van der Waals surface area contributed by atoms with Crippen LogP contribution in [0.1, 0.15) is 46.5 Å². The molecule has 2 heterocycles. The minimum Gasteiger partial charge on any atom is -0.507 e. The molecule has 9 nitrogen and oxygen atoms in total. The Morgan fingerprint density at radius 3 is 2.68 bits per heavy atom. The maximum absolute atomic E-state index is 13.1. The Morgan fingerprint density at radius 2 is 2.00 bits per heavy atom. The molecule has 194 valence electrons. The van der Waals surface area contributed by atoms with E-state index >= 15 is 0 Å². The first kappa shape index (κ1) is 27.3. The Hall–Kier alpha value is -4.25. The molecular formula is C26H25FN2O7S. The number of nitrogens with one attached hydrogen (secondary N) is 1. The summed E-state index contributed by atoms with van der Waals surface area (Å²) in [5, 5.41) is 13.1. The number of halogens is 1. The van der Waals surface area contributed by atoms with Gasteiger partial charge >= 0.3 is 11.7 Å². The molecule has 0 aliphatic rings. The van der Waals surface area contributed by atoms with Gasteiger partial charge in [0.25, 0.3) is 5.19 Å². The van der Waals surface area contributed by atoms with Crippen LogP contribution in [0.5, 0.6) is 16.7 Å². The molecular weight excluding hydrogens is 503 g/mol. The van der Waals surface area contributed by atoms with Gasteiger partial charge in [-0.2, -0.15) is 0 Å². The van der Waals surface area contributed by atoms with Crippen LogP contribution in [0.4, 0.5) is 9.18 Å². The molecule has 2 N–H and O–H groups in total. The van der Waals surface area contributed by atoms with E-state index in [4.69, 9.17) is 9.15 Å². The Balaban J connectivity index is 1.67. The molecule has 3 rings (SSSR count). The molecule has 0 saturated carbocycles. The molecule has 1 amide bonds. The van der Waals surface area contributed by atoms with E-state index in [1.54, 1.807) is 19.1 Å². The van der Waals surface area contributed by atoms with Gasteiger partial charge in [-0.3, -0.25) is 10.1 Å². The topological polar surface area (TPSA) is 128 Å². The molecule has 3 aromatic rings. The number of carbonyl (C=O) groups excluding carboxylic acids is 2. The van der Waals surface area contributed by atoms with E-state index in [9.17, 15) is 23.9 Å². The van der Waals surface area contributed by atoms with Crippen molar-refractivity contribution in [1.29, 1.82) is 0 Å². The van der Waals surface area contributed by atoms with Gasteiger partial charge < -0.3 is 19.0 Å². The number of amides is 1. The molecule has 0 spiro atoms. The van der Waals surface area contributed by atoms with Gasteiger partial charge in [-0.25, -0.2) is 19.0 Å². The number of Topliss-reactive ketones (excluding diaryl/α,β-unsaturated/α-hetero) is 1. The molecule has 0 bridgehead atoms. The highest BCUT2D eigenvalue weighted by Gasteiger charge is 2.21. The van der Waals surface area contributed by atoms with E-state index < -0.39 is 28.8 Å². The van der Waals surface area contributed by atoms with Crippen LogP contribution in [-0.4, -0.2) is 29.1 Å². The minimum atomic E-state index is -0.933. The van der Waals surface area contributed by atoms with E-state index in [2.05, 4.69) is 15.0 Å². The zero-order valence-corrected chi connectivity index (χ0v) is 21.2. The third-order valence-corrected chi connectivity index (χ3v) is 6.03. The number of alkyl carbamates (subject to hydrolysis) is 1. The average Bonchev–Trinajstić information content (AvgIpc) is 3.20. The summed E-state index contributed by atoms with van der Waals surface area (Å²) < 4.78 is 28.4. The molecule has 37 heavy (non-hydrogen) atoms. The number of allylic oxidation sites excluding steroid dienone is 2. The molecule has 2 aromatic heterocycles. The first-order valence-corrected chi connectivity index (χ1v) is 12.0. The quantitative estimate of drug-likeness (QED) is 0.200. The molecule has 0 atom stereocenters. The van der Waals surface area contributed by atoms with Crippen LogP contribution in [0, 0.1) is 12.7 Å². The second-order valence-electron chi connectivity index (χ2n) is 7.83. The van der Waals surface area contributed by atoms with Crippen LogP contribution in [0.25, 0.3) is 6.08 Å². The number of unbranched alkanes of at least 4 members (excludes halogenated alkanes) is 1. The highest BCUT2D eigenvalue weighted by molar-refractivity contribution is 7.14. The van der Waals surface area contributed by atoms with Crippen molar-refractivity contribution in [3.63, 3.8) is 0 Å². The second-order valence-corrected chi connectivity index (χ2v) is 8.83. The molecule has 0 aliphatic carbocycles. The Bertz CT molecular complexity index is 1390. The highest BCUT2D eigenvalue weighted by Crippen LogP contribution is 2.31. The third kappa shape index (κ3) is 7.61. The second kappa shape index (κ2) is 12.6. The number of rotatable bonds is 10. The van der Waals surface area contributed by atoms with Gasteiger partial charge in [0.05, 0.1) is 17.7 Å². The van der Waals surface area contributed by atoms with Crippen LogP contribution in [0.2, 0.25) is 0 Å². The van der Waals surface area contributed by atoms with Gasteiger partial charge in [0.15, 0.2) is 5.78 Å². The standard InChI is InChI=1S/C26H25FN2O7S/c1-15(13-21-16(2)29-26(37-21)36-18-10-8-17(27)9-11-18)23(31)22-20(30)14-19(35-24(22)32)7-5-4-6-12-28-25(33)34-3/h6,8-14,30H,4-5,7H2,1-3H3,(H,28,33)/b12-6+,15-13?. The van der Waals surface area contributed by atoms with Gasteiger partial charge in [0.1, 0.15) is 28.6 Å². The summed E-state index contributed by atoms with van der Waals surface area (Å²) in [5.74, 6) is -0.883. The van der Waals surface area contributed by atoms with Crippen molar-refractivity contribution in [1.82, 2.24) is 10.3 Å². The Labute approximate surface area is 215 Å². The maximum Gasteiger partial charge on any atom is 0.410 e. The number of hydrogen-bond donors (Lipinski definition) is 2. The van der Waals surface area contributed by atoms with Gasteiger partial charge in [-0.15, -0.1) is 0 Å². The number of ketones is 1. The summed E-state index contributed by atoms with van der Waals surface area (Å²) in [6.45, 7) is 3.25. The van der Waals surface area contributed by atoms with Crippen molar-refractivity contribution in [2.75, 3.05) is 7.11 Å². The largest absolute Gasteiger partial charge is 0.507 e. The van der Waals surface area contributed by atoms with Gasteiger partial charge in [0, 0.05) is 18.7 Å². The van der Waals surface area contributed by atoms with Crippen LogP contribution in [0.3, 0.4) is 0 Å². The molecule has 0 unspecified atom stereocenters. The molecule has 0 saturated heterocycles. The molecule has 0 fully saturated rings. The fourth-order valence-electron chi connectivity index (χ4n) is 3.15. The van der Waals surface area contributed by atoms with Crippen LogP contribution >= 0.6 is 11.3 Å². The summed E-state index contributed by atoms with van der Waals surface area (Å²) >= 11 is 1.17. The minimum absolute atomic E-state index is 0.193. The molecule has 11 heteroatoms. The fourth-order valence-corrected chi connectivity index (χ4v) is 4.09. The predicted molar refractivity (Wildman–Crippen MR) is 136 cm³/mol. The summed E-state index contributed by atoms with van der Waals surface area (Å²) in [4.78, 5) is 41.3. The lowest BCUT2D eigenvalue weighted by Crippen LogP contribution is -2.16. The van der Waals surface area contributed by atoms with Crippen LogP contribution in [0.15, 0.2) is 57.4 Å². The number of thiazole rings is 1. The number of carbonyl (C=O) groups is 2. The first-order chi connectivity index (χ1) is 17.7. The number of ether oxygens (including phenoxy) is 2. The highest BCUT2D eigenvalue weighted by atomic mass is 32.1. The summed E-state index contributed by atoms with van der Waals surface area (Å²) in [7, 11) is 1.26.